The van der Waals surface area contributed by atoms with E-state index in [1.165, 1.54) is 0 Å². The third-order valence-electron chi connectivity index (χ3n) is 4.32. The number of carbonyl (C=O) groups excluding carboxylic acids is 1. The maximum absolute atomic E-state index is 11.5. The second-order valence-corrected chi connectivity index (χ2v) is 6.61. The van der Waals surface area contributed by atoms with Gasteiger partial charge in [-0.25, -0.2) is 4.68 Å². The Hall–Kier alpha value is -3.45. The van der Waals surface area contributed by atoms with Crippen molar-refractivity contribution in [2.75, 3.05) is 0 Å². The quantitative estimate of drug-likeness (QED) is 0.557. The fourth-order valence-corrected chi connectivity index (χ4v) is 3.07. The van der Waals surface area contributed by atoms with Crippen molar-refractivity contribution in [2.45, 2.75) is 13.0 Å². The van der Waals surface area contributed by atoms with Gasteiger partial charge in [0.25, 0.3) is 0 Å². The summed E-state index contributed by atoms with van der Waals surface area (Å²) in [5.41, 5.74) is 7.69. The number of nitrogens with zero attached hydrogens (tertiary/aromatic N) is 4. The second-order valence-electron chi connectivity index (χ2n) is 6.20. The number of hydrogen-bond donors (Lipinski definition) is 1. The molecule has 0 aliphatic heterocycles. The standard InChI is InChI=1S/C20H16ClN5O2/c1-12(28-19-8-9-23-17-5-3-2-4-14(17)19)18-11-26(25-24-18)13-6-7-16(21)15(10-13)20(22)27/h2-12H,1H3,(H2,22,27)/t12-/m1/s1. The van der Waals surface area contributed by atoms with Crippen LogP contribution < -0.4 is 10.5 Å². The van der Waals surface area contributed by atoms with Crippen molar-refractivity contribution in [2.24, 2.45) is 5.73 Å². The van der Waals surface area contributed by atoms with Crippen molar-refractivity contribution in [3.63, 3.8) is 0 Å². The van der Waals surface area contributed by atoms with E-state index in [1.54, 1.807) is 35.3 Å². The van der Waals surface area contributed by atoms with Gasteiger partial charge in [0.05, 0.1) is 28.0 Å². The zero-order valence-corrected chi connectivity index (χ0v) is 15.7. The van der Waals surface area contributed by atoms with Crippen LogP contribution in [0.1, 0.15) is 29.1 Å². The minimum Gasteiger partial charge on any atom is -0.484 e. The number of hydrogen-bond acceptors (Lipinski definition) is 5. The van der Waals surface area contributed by atoms with Crippen molar-refractivity contribution < 1.29 is 9.53 Å². The molecule has 4 aromatic rings. The van der Waals surface area contributed by atoms with Crippen LogP contribution in [0, 0.1) is 0 Å². The molecule has 0 spiro atoms. The first-order chi connectivity index (χ1) is 13.5. The number of ether oxygens (including phenoxy) is 1. The van der Waals surface area contributed by atoms with Crippen LogP contribution in [0.3, 0.4) is 0 Å². The molecule has 8 heteroatoms. The van der Waals surface area contributed by atoms with Gasteiger partial charge in [0, 0.05) is 11.6 Å². The molecule has 0 aliphatic rings. The highest BCUT2D eigenvalue weighted by Gasteiger charge is 2.15. The fraction of sp³-hybridized carbons (Fsp3) is 0.100. The first-order valence-electron chi connectivity index (χ1n) is 8.55. The lowest BCUT2D eigenvalue weighted by Crippen LogP contribution is -2.12. The Morgan fingerprint density at radius 3 is 2.86 bits per heavy atom. The van der Waals surface area contributed by atoms with Gasteiger partial charge in [0.1, 0.15) is 17.5 Å². The molecule has 0 bridgehead atoms. The molecule has 0 saturated heterocycles. The van der Waals surface area contributed by atoms with Gasteiger partial charge >= 0.3 is 0 Å². The summed E-state index contributed by atoms with van der Waals surface area (Å²) in [6.07, 6.45) is 3.10. The molecule has 0 radical (unpaired) electrons. The Morgan fingerprint density at radius 2 is 2.04 bits per heavy atom. The summed E-state index contributed by atoms with van der Waals surface area (Å²) in [6, 6.07) is 14.5. The highest BCUT2D eigenvalue weighted by Crippen LogP contribution is 2.28. The summed E-state index contributed by atoms with van der Waals surface area (Å²) in [6.45, 7) is 1.89. The number of benzene rings is 2. The van der Waals surface area contributed by atoms with E-state index in [0.29, 0.717) is 11.4 Å². The molecule has 0 aliphatic carbocycles. The van der Waals surface area contributed by atoms with Crippen LogP contribution in [-0.4, -0.2) is 25.9 Å². The van der Waals surface area contributed by atoms with Crippen LogP contribution in [0.25, 0.3) is 16.6 Å². The second kappa shape index (κ2) is 7.28. The van der Waals surface area contributed by atoms with Crippen LogP contribution >= 0.6 is 11.6 Å². The predicted molar refractivity (Wildman–Crippen MR) is 106 cm³/mol. The summed E-state index contributed by atoms with van der Waals surface area (Å²) in [7, 11) is 0. The Kier molecular flexibility index (Phi) is 4.67. The molecule has 1 atom stereocenters. The molecule has 0 saturated carbocycles. The lowest BCUT2D eigenvalue weighted by Gasteiger charge is -2.13. The average Bonchev–Trinajstić information content (AvgIpc) is 3.19. The molecule has 2 aromatic carbocycles. The number of nitrogens with two attached hydrogens (primary N) is 1. The van der Waals surface area contributed by atoms with Crippen molar-refractivity contribution >= 4 is 28.4 Å². The first kappa shape index (κ1) is 17.9. The number of primary amides is 1. The summed E-state index contributed by atoms with van der Waals surface area (Å²) in [4.78, 5) is 15.8. The number of carbonyl (C=O) groups is 1. The van der Waals surface area contributed by atoms with Crippen molar-refractivity contribution in [1.29, 1.82) is 0 Å². The maximum atomic E-state index is 11.5. The van der Waals surface area contributed by atoms with E-state index in [-0.39, 0.29) is 16.7 Å². The van der Waals surface area contributed by atoms with Crippen molar-refractivity contribution in [1.82, 2.24) is 20.0 Å². The average molecular weight is 394 g/mol. The van der Waals surface area contributed by atoms with E-state index >= 15 is 0 Å². The van der Waals surface area contributed by atoms with Gasteiger partial charge in [-0.1, -0.05) is 28.9 Å². The molecular weight excluding hydrogens is 378 g/mol. The third-order valence-corrected chi connectivity index (χ3v) is 4.65. The molecule has 2 heterocycles. The van der Waals surface area contributed by atoms with Crippen LogP contribution in [0.15, 0.2) is 60.9 Å². The molecule has 28 heavy (non-hydrogen) atoms. The summed E-state index contributed by atoms with van der Waals surface area (Å²) in [5.74, 6) is 0.114. The number of rotatable bonds is 5. The highest BCUT2D eigenvalue weighted by molar-refractivity contribution is 6.33. The highest BCUT2D eigenvalue weighted by atomic mass is 35.5. The van der Waals surface area contributed by atoms with E-state index in [9.17, 15) is 4.79 Å². The van der Waals surface area contributed by atoms with E-state index in [1.807, 2.05) is 37.3 Å². The molecule has 0 fully saturated rings. The number of aromatic nitrogens is 4. The topological polar surface area (TPSA) is 95.9 Å². The molecule has 2 N–H and O–H groups in total. The SMILES string of the molecule is C[C@@H](Oc1ccnc2ccccc12)c1cn(-c2ccc(Cl)c(C(N)=O)c2)nn1. The maximum Gasteiger partial charge on any atom is 0.250 e. The molecule has 1 amide bonds. The smallest absolute Gasteiger partial charge is 0.250 e. The van der Waals surface area contributed by atoms with Crippen LogP contribution in [0.5, 0.6) is 5.75 Å². The minimum absolute atomic E-state index is 0.226. The Balaban J connectivity index is 1.60. The molecule has 7 nitrogen and oxygen atoms in total. The van der Waals surface area contributed by atoms with Gasteiger partial charge in [0.2, 0.25) is 5.91 Å². The Morgan fingerprint density at radius 1 is 1.21 bits per heavy atom. The minimum atomic E-state index is -0.603. The molecular formula is C20H16ClN5O2. The largest absolute Gasteiger partial charge is 0.484 e. The molecule has 4 rings (SSSR count). The Labute approximate surface area is 165 Å². The lowest BCUT2D eigenvalue weighted by atomic mass is 10.2. The normalized spacial score (nSPS) is 12.1. The molecule has 140 valence electrons. The number of fused-ring (bicyclic) bond motifs is 1. The van der Waals surface area contributed by atoms with Gasteiger partial charge in [-0.2, -0.15) is 0 Å². The van der Waals surface area contributed by atoms with Gasteiger partial charge in [-0.05, 0) is 43.3 Å². The number of amides is 1. The fourth-order valence-electron chi connectivity index (χ4n) is 2.86. The van der Waals surface area contributed by atoms with Gasteiger partial charge in [-0.3, -0.25) is 9.78 Å². The first-order valence-corrected chi connectivity index (χ1v) is 8.93. The van der Waals surface area contributed by atoms with Gasteiger partial charge < -0.3 is 10.5 Å². The summed E-state index contributed by atoms with van der Waals surface area (Å²) >= 11 is 6.00. The zero-order valence-electron chi connectivity index (χ0n) is 14.9. The lowest BCUT2D eigenvalue weighted by molar-refractivity contribution is 0.100. The van der Waals surface area contributed by atoms with E-state index < -0.39 is 5.91 Å². The Bertz CT molecular complexity index is 1170. The van der Waals surface area contributed by atoms with Crippen LogP contribution in [0.4, 0.5) is 0 Å². The van der Waals surface area contributed by atoms with Gasteiger partial charge in [0.15, 0.2) is 0 Å². The number of pyridine rings is 1. The third kappa shape index (κ3) is 3.39. The number of halogens is 1. The van der Waals surface area contributed by atoms with Gasteiger partial charge in [-0.15, -0.1) is 5.10 Å². The van der Waals surface area contributed by atoms with E-state index in [2.05, 4.69) is 15.3 Å². The number of para-hydroxylation sites is 1. The van der Waals surface area contributed by atoms with E-state index in [0.717, 1.165) is 16.7 Å². The molecule has 2 aromatic heterocycles. The van der Waals surface area contributed by atoms with E-state index in [4.69, 9.17) is 22.1 Å². The van der Waals surface area contributed by atoms with Crippen LogP contribution in [-0.2, 0) is 0 Å². The van der Waals surface area contributed by atoms with Crippen molar-refractivity contribution in [3.8, 4) is 11.4 Å². The summed E-state index contributed by atoms with van der Waals surface area (Å²) < 4.78 is 7.64. The van der Waals surface area contributed by atoms with Crippen molar-refractivity contribution in [3.05, 3.63) is 77.2 Å². The predicted octanol–water partition coefficient (Wildman–Crippen LogP) is 3.71. The molecule has 0 unspecified atom stereocenters. The summed E-state index contributed by atoms with van der Waals surface area (Å²) in [5, 5.41) is 9.52. The monoisotopic (exact) mass is 393 g/mol. The van der Waals surface area contributed by atoms with Crippen LogP contribution in [0.2, 0.25) is 5.02 Å². The zero-order chi connectivity index (χ0) is 19.7.